The van der Waals surface area contributed by atoms with Crippen molar-refractivity contribution in [3.05, 3.63) is 44.5 Å². The number of nitrogens with one attached hydrogen (secondary N) is 1. The first-order valence-corrected chi connectivity index (χ1v) is 6.70. The topological polar surface area (TPSA) is 81.0 Å². The maximum atomic E-state index is 11.0. The molecule has 0 aliphatic heterocycles. The molecule has 7 heteroatoms. The molecule has 100 valence electrons. The summed E-state index contributed by atoms with van der Waals surface area (Å²) >= 11 is 1.57. The minimum absolute atomic E-state index is 0.00587. The number of aryl methyl sites for hydroxylation is 1. The van der Waals surface area contributed by atoms with Gasteiger partial charge >= 0.3 is 5.69 Å². The normalized spacial score (nSPS) is 12.1. The number of thiazole rings is 1. The van der Waals surface area contributed by atoms with Gasteiger partial charge in [0, 0.05) is 36.3 Å². The quantitative estimate of drug-likeness (QED) is 0.671. The summed E-state index contributed by atoms with van der Waals surface area (Å²) in [6.07, 6.45) is 3.37. The van der Waals surface area contributed by atoms with Crippen molar-refractivity contribution < 1.29 is 4.92 Å². The summed E-state index contributed by atoms with van der Waals surface area (Å²) in [7, 11) is 0. The molecule has 1 unspecified atom stereocenters. The van der Waals surface area contributed by atoms with Crippen LogP contribution >= 0.6 is 11.3 Å². The van der Waals surface area contributed by atoms with Crippen LogP contribution in [-0.2, 0) is 0 Å². The molecule has 0 aromatic carbocycles. The number of pyridine rings is 1. The number of aromatic nitrogens is 2. The van der Waals surface area contributed by atoms with Crippen LogP contribution in [0.2, 0.25) is 0 Å². The molecule has 0 saturated heterocycles. The third kappa shape index (κ3) is 3.25. The minimum Gasteiger partial charge on any atom is -0.364 e. The Morgan fingerprint density at radius 1 is 1.53 bits per heavy atom. The summed E-state index contributed by atoms with van der Waals surface area (Å²) in [4.78, 5) is 18.8. The highest BCUT2D eigenvalue weighted by molar-refractivity contribution is 7.09. The van der Waals surface area contributed by atoms with Crippen molar-refractivity contribution in [1.29, 1.82) is 0 Å². The maximum Gasteiger partial charge on any atom is 0.311 e. The van der Waals surface area contributed by atoms with Gasteiger partial charge in [0.25, 0.3) is 0 Å². The average molecular weight is 278 g/mol. The molecule has 0 aliphatic carbocycles. The zero-order chi connectivity index (χ0) is 13.8. The lowest BCUT2D eigenvalue weighted by Crippen LogP contribution is -2.12. The number of rotatable bonds is 5. The van der Waals surface area contributed by atoms with Crippen LogP contribution in [0.5, 0.6) is 0 Å². The number of nitro groups is 1. The molecule has 1 N–H and O–H groups in total. The fourth-order valence-electron chi connectivity index (χ4n) is 1.64. The molecule has 0 amide bonds. The molecule has 0 aliphatic rings. The molecule has 1 atom stereocenters. The summed E-state index contributed by atoms with van der Waals surface area (Å²) in [5, 5.41) is 16.9. The highest BCUT2D eigenvalue weighted by Crippen LogP contribution is 2.24. The van der Waals surface area contributed by atoms with Crippen molar-refractivity contribution in [2.45, 2.75) is 19.8 Å². The SMILES string of the molecule is Cc1cnc(NCC(C)c2nccs2)c([N+](=O)[O-])c1. The number of anilines is 1. The molecule has 6 nitrogen and oxygen atoms in total. The van der Waals surface area contributed by atoms with E-state index in [4.69, 9.17) is 0 Å². The van der Waals surface area contributed by atoms with E-state index in [-0.39, 0.29) is 11.6 Å². The molecule has 2 aromatic heterocycles. The van der Waals surface area contributed by atoms with Gasteiger partial charge in [0.1, 0.15) is 0 Å². The lowest BCUT2D eigenvalue weighted by atomic mass is 10.2. The van der Waals surface area contributed by atoms with Gasteiger partial charge in [0.05, 0.1) is 9.93 Å². The predicted molar refractivity (Wildman–Crippen MR) is 74.6 cm³/mol. The van der Waals surface area contributed by atoms with Gasteiger partial charge in [-0.3, -0.25) is 10.1 Å². The molecule has 0 bridgehead atoms. The van der Waals surface area contributed by atoms with Crippen LogP contribution in [0.25, 0.3) is 0 Å². The van der Waals surface area contributed by atoms with Crippen molar-refractivity contribution >= 4 is 22.8 Å². The third-order valence-electron chi connectivity index (χ3n) is 2.65. The van der Waals surface area contributed by atoms with E-state index in [2.05, 4.69) is 15.3 Å². The number of nitrogens with zero attached hydrogens (tertiary/aromatic N) is 3. The predicted octanol–water partition coefficient (Wildman–Crippen LogP) is 2.97. The van der Waals surface area contributed by atoms with E-state index < -0.39 is 4.92 Å². The van der Waals surface area contributed by atoms with Crippen molar-refractivity contribution in [1.82, 2.24) is 9.97 Å². The second-order valence-corrected chi connectivity index (χ2v) is 5.22. The monoisotopic (exact) mass is 278 g/mol. The summed E-state index contributed by atoms with van der Waals surface area (Å²) in [5.41, 5.74) is 0.775. The molecule has 0 fully saturated rings. The van der Waals surface area contributed by atoms with Crippen LogP contribution in [0.4, 0.5) is 11.5 Å². The van der Waals surface area contributed by atoms with Crippen molar-refractivity contribution in [3.63, 3.8) is 0 Å². The van der Waals surface area contributed by atoms with E-state index in [9.17, 15) is 10.1 Å². The fourth-order valence-corrected chi connectivity index (χ4v) is 2.34. The second-order valence-electron chi connectivity index (χ2n) is 4.29. The molecule has 19 heavy (non-hydrogen) atoms. The van der Waals surface area contributed by atoms with Crippen LogP contribution in [0.15, 0.2) is 23.8 Å². The smallest absolute Gasteiger partial charge is 0.311 e. The van der Waals surface area contributed by atoms with Crippen LogP contribution in [0, 0.1) is 17.0 Å². The van der Waals surface area contributed by atoms with E-state index in [1.165, 1.54) is 6.07 Å². The van der Waals surface area contributed by atoms with Crippen molar-refractivity contribution in [2.75, 3.05) is 11.9 Å². The van der Waals surface area contributed by atoms with E-state index >= 15 is 0 Å². The summed E-state index contributed by atoms with van der Waals surface area (Å²) in [6.45, 7) is 4.36. The molecule has 0 saturated carbocycles. The van der Waals surface area contributed by atoms with E-state index in [0.29, 0.717) is 12.4 Å². The van der Waals surface area contributed by atoms with Gasteiger partial charge in [0.15, 0.2) is 0 Å². The van der Waals surface area contributed by atoms with Crippen LogP contribution in [0.3, 0.4) is 0 Å². The number of hydrogen-bond donors (Lipinski definition) is 1. The molecule has 2 aromatic rings. The van der Waals surface area contributed by atoms with E-state index in [0.717, 1.165) is 10.6 Å². The second kappa shape index (κ2) is 5.75. The first kappa shape index (κ1) is 13.4. The van der Waals surface area contributed by atoms with Gasteiger partial charge in [-0.2, -0.15) is 0 Å². The standard InChI is InChI=1S/C12H14N4O2S/c1-8-5-10(16(17)18)11(14-6-8)15-7-9(2)12-13-3-4-19-12/h3-6,9H,7H2,1-2H3,(H,14,15). The number of hydrogen-bond acceptors (Lipinski definition) is 6. The van der Waals surface area contributed by atoms with Crippen molar-refractivity contribution in [2.24, 2.45) is 0 Å². The van der Waals surface area contributed by atoms with Crippen LogP contribution in [0.1, 0.15) is 23.4 Å². The van der Waals surface area contributed by atoms with Gasteiger partial charge < -0.3 is 5.32 Å². The molecule has 2 rings (SSSR count). The Labute approximate surface area is 114 Å². The van der Waals surface area contributed by atoms with Gasteiger partial charge in [-0.25, -0.2) is 9.97 Å². The maximum absolute atomic E-state index is 11.0. The Morgan fingerprint density at radius 3 is 2.95 bits per heavy atom. The van der Waals surface area contributed by atoms with Gasteiger partial charge in [0.2, 0.25) is 5.82 Å². The highest BCUT2D eigenvalue weighted by atomic mass is 32.1. The highest BCUT2D eigenvalue weighted by Gasteiger charge is 2.16. The van der Waals surface area contributed by atoms with Gasteiger partial charge in [-0.1, -0.05) is 6.92 Å². The Balaban J connectivity index is 2.09. The summed E-state index contributed by atoms with van der Waals surface area (Å²) in [6, 6.07) is 1.52. The van der Waals surface area contributed by atoms with Crippen LogP contribution < -0.4 is 5.32 Å². The third-order valence-corrected chi connectivity index (χ3v) is 3.66. The Morgan fingerprint density at radius 2 is 2.32 bits per heavy atom. The lowest BCUT2D eigenvalue weighted by molar-refractivity contribution is -0.384. The summed E-state index contributed by atoms with van der Waals surface area (Å²) < 4.78 is 0. The Hall–Kier alpha value is -2.02. The molecular weight excluding hydrogens is 264 g/mol. The van der Waals surface area contributed by atoms with Gasteiger partial charge in [-0.15, -0.1) is 11.3 Å². The Kier molecular flexibility index (Phi) is 4.06. The fraction of sp³-hybridized carbons (Fsp3) is 0.333. The largest absolute Gasteiger partial charge is 0.364 e. The zero-order valence-electron chi connectivity index (χ0n) is 10.7. The lowest BCUT2D eigenvalue weighted by Gasteiger charge is -2.10. The van der Waals surface area contributed by atoms with Gasteiger partial charge in [-0.05, 0) is 12.5 Å². The first-order chi connectivity index (χ1) is 9.08. The molecule has 2 heterocycles. The molecular formula is C12H14N4O2S. The first-order valence-electron chi connectivity index (χ1n) is 5.82. The van der Waals surface area contributed by atoms with Crippen LogP contribution in [-0.4, -0.2) is 21.4 Å². The van der Waals surface area contributed by atoms with Crippen molar-refractivity contribution in [3.8, 4) is 0 Å². The Bertz CT molecular complexity index is 571. The van der Waals surface area contributed by atoms with E-state index in [1.807, 2.05) is 12.3 Å². The van der Waals surface area contributed by atoms with E-state index in [1.54, 1.807) is 30.7 Å². The summed E-state index contributed by atoms with van der Waals surface area (Å²) in [5.74, 6) is 0.488. The zero-order valence-corrected chi connectivity index (χ0v) is 11.5. The minimum atomic E-state index is -0.420. The molecule has 0 spiro atoms. The average Bonchev–Trinajstić information content (AvgIpc) is 2.90. The molecule has 0 radical (unpaired) electrons.